The summed E-state index contributed by atoms with van der Waals surface area (Å²) in [5.74, 6) is 2.52. The summed E-state index contributed by atoms with van der Waals surface area (Å²) in [5, 5.41) is 3.36. The Labute approximate surface area is 96.8 Å². The Balaban J connectivity index is 1.75. The fourth-order valence-corrected chi connectivity index (χ4v) is 2.00. The molecule has 1 aromatic rings. The lowest BCUT2D eigenvalue weighted by Crippen LogP contribution is -2.11. The largest absolute Gasteiger partial charge is 0.497 e. The molecule has 88 valence electrons. The van der Waals surface area contributed by atoms with Crippen LogP contribution in [0.4, 0.5) is 0 Å². The predicted molar refractivity (Wildman–Crippen MR) is 64.1 cm³/mol. The number of benzene rings is 1. The normalized spacial score (nSPS) is 19.7. The Hall–Kier alpha value is -1.22. The van der Waals surface area contributed by atoms with Crippen molar-refractivity contribution in [2.75, 3.05) is 26.8 Å². The zero-order valence-electron chi connectivity index (χ0n) is 9.74. The van der Waals surface area contributed by atoms with Crippen molar-refractivity contribution in [2.24, 2.45) is 5.92 Å². The third-order valence-electron chi connectivity index (χ3n) is 3.00. The molecule has 1 atom stereocenters. The first kappa shape index (κ1) is 11.3. The lowest BCUT2D eigenvalue weighted by atomic mass is 10.1. The summed E-state index contributed by atoms with van der Waals surface area (Å²) in [6, 6.07) is 7.77. The van der Waals surface area contributed by atoms with Gasteiger partial charge < -0.3 is 14.8 Å². The molecule has 3 heteroatoms. The molecule has 1 saturated heterocycles. The van der Waals surface area contributed by atoms with E-state index in [1.54, 1.807) is 7.11 Å². The highest BCUT2D eigenvalue weighted by Gasteiger charge is 2.13. The number of ether oxygens (including phenoxy) is 2. The van der Waals surface area contributed by atoms with E-state index in [1.165, 1.54) is 6.42 Å². The lowest BCUT2D eigenvalue weighted by Gasteiger charge is -2.10. The first-order valence-electron chi connectivity index (χ1n) is 5.86. The van der Waals surface area contributed by atoms with E-state index in [4.69, 9.17) is 9.47 Å². The first-order valence-corrected chi connectivity index (χ1v) is 5.86. The van der Waals surface area contributed by atoms with Crippen molar-refractivity contribution in [2.45, 2.75) is 12.8 Å². The summed E-state index contributed by atoms with van der Waals surface area (Å²) in [7, 11) is 1.67. The molecular weight excluding hydrogens is 202 g/mol. The lowest BCUT2D eigenvalue weighted by molar-refractivity contribution is 0.282. The molecule has 0 saturated carbocycles. The van der Waals surface area contributed by atoms with Crippen LogP contribution in [0.5, 0.6) is 11.5 Å². The van der Waals surface area contributed by atoms with Crippen LogP contribution in [0.2, 0.25) is 0 Å². The Bertz CT molecular complexity index is 321. The van der Waals surface area contributed by atoms with E-state index in [0.29, 0.717) is 0 Å². The van der Waals surface area contributed by atoms with Crippen molar-refractivity contribution in [3.63, 3.8) is 0 Å². The Kier molecular flexibility index (Phi) is 4.05. The molecule has 0 unspecified atom stereocenters. The minimum Gasteiger partial charge on any atom is -0.497 e. The smallest absolute Gasteiger partial charge is 0.122 e. The minimum absolute atomic E-state index is 0.783. The van der Waals surface area contributed by atoms with Gasteiger partial charge in [0.1, 0.15) is 11.5 Å². The molecule has 0 bridgehead atoms. The molecular formula is C13H19NO2. The SMILES string of the molecule is COc1cccc(OCC[C@@H]2CCNC2)c1. The Morgan fingerprint density at radius 1 is 1.38 bits per heavy atom. The van der Waals surface area contributed by atoms with Crippen LogP contribution >= 0.6 is 0 Å². The second-order valence-corrected chi connectivity index (χ2v) is 4.17. The van der Waals surface area contributed by atoms with Gasteiger partial charge in [-0.25, -0.2) is 0 Å². The van der Waals surface area contributed by atoms with Crippen molar-refractivity contribution in [1.82, 2.24) is 5.32 Å². The zero-order valence-corrected chi connectivity index (χ0v) is 9.74. The summed E-state index contributed by atoms with van der Waals surface area (Å²) in [4.78, 5) is 0. The molecule has 16 heavy (non-hydrogen) atoms. The van der Waals surface area contributed by atoms with Gasteiger partial charge in [0.25, 0.3) is 0 Å². The fraction of sp³-hybridized carbons (Fsp3) is 0.538. The van der Waals surface area contributed by atoms with E-state index in [9.17, 15) is 0 Å². The van der Waals surface area contributed by atoms with Gasteiger partial charge in [-0.1, -0.05) is 6.07 Å². The summed E-state index contributed by atoms with van der Waals surface area (Å²) in [6.07, 6.45) is 2.41. The summed E-state index contributed by atoms with van der Waals surface area (Å²) in [6.45, 7) is 3.09. The van der Waals surface area contributed by atoms with Gasteiger partial charge in [-0.3, -0.25) is 0 Å². The van der Waals surface area contributed by atoms with Gasteiger partial charge in [0.15, 0.2) is 0 Å². The highest BCUT2D eigenvalue weighted by molar-refractivity contribution is 5.32. The van der Waals surface area contributed by atoms with Gasteiger partial charge in [-0.05, 0) is 44.0 Å². The average Bonchev–Trinajstić information content (AvgIpc) is 2.82. The first-order chi connectivity index (χ1) is 7.88. The maximum atomic E-state index is 5.70. The quantitative estimate of drug-likeness (QED) is 0.825. The van der Waals surface area contributed by atoms with Crippen LogP contribution in [0.3, 0.4) is 0 Å². The summed E-state index contributed by atoms with van der Waals surface area (Å²) < 4.78 is 10.8. The second kappa shape index (κ2) is 5.75. The van der Waals surface area contributed by atoms with Gasteiger partial charge >= 0.3 is 0 Å². The molecule has 3 nitrogen and oxygen atoms in total. The number of methoxy groups -OCH3 is 1. The molecule has 0 amide bonds. The molecule has 1 heterocycles. The number of nitrogens with one attached hydrogen (secondary N) is 1. The Morgan fingerprint density at radius 3 is 3.00 bits per heavy atom. The third kappa shape index (κ3) is 3.14. The van der Waals surface area contributed by atoms with Crippen molar-refractivity contribution < 1.29 is 9.47 Å². The molecule has 1 aromatic carbocycles. The highest BCUT2D eigenvalue weighted by Crippen LogP contribution is 2.20. The zero-order chi connectivity index (χ0) is 11.2. The van der Waals surface area contributed by atoms with Gasteiger partial charge in [-0.2, -0.15) is 0 Å². The third-order valence-corrected chi connectivity index (χ3v) is 3.00. The van der Waals surface area contributed by atoms with Crippen molar-refractivity contribution >= 4 is 0 Å². The van der Waals surface area contributed by atoms with Crippen molar-refractivity contribution in [3.8, 4) is 11.5 Å². The molecule has 0 aromatic heterocycles. The molecule has 1 aliphatic rings. The predicted octanol–water partition coefficient (Wildman–Crippen LogP) is 2.07. The second-order valence-electron chi connectivity index (χ2n) is 4.17. The maximum absolute atomic E-state index is 5.70. The van der Waals surface area contributed by atoms with Gasteiger partial charge in [-0.15, -0.1) is 0 Å². The molecule has 2 rings (SSSR count). The Morgan fingerprint density at radius 2 is 2.25 bits per heavy atom. The van der Waals surface area contributed by atoms with Gasteiger partial charge in [0.05, 0.1) is 13.7 Å². The van der Waals surface area contributed by atoms with Gasteiger partial charge in [0.2, 0.25) is 0 Å². The van der Waals surface area contributed by atoms with Crippen LogP contribution in [0, 0.1) is 5.92 Å². The molecule has 0 aliphatic carbocycles. The maximum Gasteiger partial charge on any atom is 0.122 e. The van der Waals surface area contributed by atoms with E-state index in [0.717, 1.165) is 43.5 Å². The summed E-state index contributed by atoms with van der Waals surface area (Å²) >= 11 is 0. The fourth-order valence-electron chi connectivity index (χ4n) is 2.00. The monoisotopic (exact) mass is 221 g/mol. The molecule has 0 spiro atoms. The van der Waals surface area contributed by atoms with E-state index >= 15 is 0 Å². The van der Waals surface area contributed by atoms with E-state index in [1.807, 2.05) is 24.3 Å². The minimum atomic E-state index is 0.783. The average molecular weight is 221 g/mol. The number of hydrogen-bond donors (Lipinski definition) is 1. The standard InChI is InChI=1S/C13H19NO2/c1-15-12-3-2-4-13(9-12)16-8-6-11-5-7-14-10-11/h2-4,9,11,14H,5-8,10H2,1H3/t11-/m0/s1. The molecule has 1 aliphatic heterocycles. The van der Waals surface area contributed by atoms with Crippen LogP contribution in [-0.2, 0) is 0 Å². The van der Waals surface area contributed by atoms with Crippen LogP contribution in [0.1, 0.15) is 12.8 Å². The van der Waals surface area contributed by atoms with Gasteiger partial charge in [0, 0.05) is 6.07 Å². The van der Waals surface area contributed by atoms with E-state index in [2.05, 4.69) is 5.32 Å². The van der Waals surface area contributed by atoms with Crippen LogP contribution in [0.15, 0.2) is 24.3 Å². The number of hydrogen-bond acceptors (Lipinski definition) is 3. The molecule has 1 fully saturated rings. The molecule has 1 N–H and O–H groups in total. The summed E-state index contributed by atoms with van der Waals surface area (Å²) in [5.41, 5.74) is 0. The van der Waals surface area contributed by atoms with Crippen LogP contribution in [-0.4, -0.2) is 26.8 Å². The van der Waals surface area contributed by atoms with Crippen LogP contribution < -0.4 is 14.8 Å². The number of rotatable bonds is 5. The van der Waals surface area contributed by atoms with E-state index < -0.39 is 0 Å². The van der Waals surface area contributed by atoms with E-state index in [-0.39, 0.29) is 0 Å². The highest BCUT2D eigenvalue weighted by atomic mass is 16.5. The van der Waals surface area contributed by atoms with Crippen molar-refractivity contribution in [1.29, 1.82) is 0 Å². The van der Waals surface area contributed by atoms with Crippen LogP contribution in [0.25, 0.3) is 0 Å². The molecule has 0 radical (unpaired) electrons. The van der Waals surface area contributed by atoms with Crippen molar-refractivity contribution in [3.05, 3.63) is 24.3 Å². The topological polar surface area (TPSA) is 30.5 Å².